The van der Waals surface area contributed by atoms with Crippen molar-refractivity contribution in [3.63, 3.8) is 0 Å². The largest absolute Gasteiger partial charge is 0.399 e. The van der Waals surface area contributed by atoms with Crippen molar-refractivity contribution in [1.29, 1.82) is 0 Å². The van der Waals surface area contributed by atoms with Gasteiger partial charge in [-0.15, -0.1) is 0 Å². The third kappa shape index (κ3) is 4.46. The number of hydrogen-bond acceptors (Lipinski definition) is 3. The lowest BCUT2D eigenvalue weighted by Crippen LogP contribution is -2.16. The summed E-state index contributed by atoms with van der Waals surface area (Å²) in [4.78, 5) is 0. The van der Waals surface area contributed by atoms with Crippen LogP contribution in [0.2, 0.25) is 0 Å². The van der Waals surface area contributed by atoms with E-state index in [9.17, 15) is 8.42 Å². The zero-order valence-corrected chi connectivity index (χ0v) is 15.2. The molecule has 2 aromatic rings. The van der Waals surface area contributed by atoms with Crippen LogP contribution < -0.4 is 10.5 Å². The summed E-state index contributed by atoms with van der Waals surface area (Å²) in [6.45, 7) is 1.93. The second-order valence-corrected chi connectivity index (χ2v) is 8.14. The predicted molar refractivity (Wildman–Crippen MR) is 93.7 cm³/mol. The van der Waals surface area contributed by atoms with Crippen molar-refractivity contribution in [2.75, 3.05) is 10.5 Å². The molecular formula is C14H14Br2N2O2S. The fraction of sp³-hybridized carbons (Fsp3) is 0.143. The first-order chi connectivity index (χ1) is 9.77. The van der Waals surface area contributed by atoms with Gasteiger partial charge in [-0.2, -0.15) is 0 Å². The van der Waals surface area contributed by atoms with Crippen LogP contribution in [-0.2, 0) is 15.8 Å². The van der Waals surface area contributed by atoms with Gasteiger partial charge in [0.2, 0.25) is 10.0 Å². The van der Waals surface area contributed by atoms with Gasteiger partial charge in [0.15, 0.2) is 0 Å². The lowest BCUT2D eigenvalue weighted by Gasteiger charge is -2.12. The highest BCUT2D eigenvalue weighted by atomic mass is 79.9. The van der Waals surface area contributed by atoms with Crippen LogP contribution >= 0.6 is 31.9 Å². The highest BCUT2D eigenvalue weighted by Gasteiger charge is 2.16. The first-order valence-corrected chi connectivity index (χ1v) is 9.31. The Labute approximate surface area is 141 Å². The van der Waals surface area contributed by atoms with E-state index < -0.39 is 10.0 Å². The molecule has 0 saturated heterocycles. The molecular weight excluding hydrogens is 420 g/mol. The molecule has 7 heteroatoms. The van der Waals surface area contributed by atoms with Gasteiger partial charge < -0.3 is 5.73 Å². The lowest BCUT2D eigenvalue weighted by atomic mass is 10.2. The summed E-state index contributed by atoms with van der Waals surface area (Å²) in [5.41, 5.74) is 8.36. The van der Waals surface area contributed by atoms with Gasteiger partial charge >= 0.3 is 0 Å². The minimum Gasteiger partial charge on any atom is -0.399 e. The Morgan fingerprint density at radius 2 is 1.76 bits per heavy atom. The Bertz CT molecular complexity index is 753. The van der Waals surface area contributed by atoms with Gasteiger partial charge in [-0.1, -0.05) is 12.1 Å². The summed E-state index contributed by atoms with van der Waals surface area (Å²) >= 11 is 6.74. The molecule has 3 N–H and O–H groups in total. The number of nitrogens with one attached hydrogen (secondary N) is 1. The van der Waals surface area contributed by atoms with Crippen LogP contribution in [0, 0.1) is 6.92 Å². The van der Waals surface area contributed by atoms with Crippen LogP contribution in [0.1, 0.15) is 11.1 Å². The fourth-order valence-corrected chi connectivity index (χ4v) is 4.99. The minimum atomic E-state index is -3.53. The van der Waals surface area contributed by atoms with E-state index in [1.165, 1.54) is 0 Å². The second-order valence-electron chi connectivity index (χ2n) is 4.71. The van der Waals surface area contributed by atoms with Crippen LogP contribution in [0.25, 0.3) is 0 Å². The number of nitrogen functional groups attached to an aromatic ring is 1. The average molecular weight is 434 g/mol. The Balaban J connectivity index is 2.26. The van der Waals surface area contributed by atoms with Crippen LogP contribution in [0.5, 0.6) is 0 Å². The molecule has 21 heavy (non-hydrogen) atoms. The van der Waals surface area contributed by atoms with Crippen molar-refractivity contribution < 1.29 is 8.42 Å². The standard InChI is InChI=1S/C14H14Br2N2O2S/c1-9-5-12(15)14(13(16)6-9)18-21(19,20)8-10-3-2-4-11(17)7-10/h2-7,18H,8,17H2,1H3. The number of sulfonamides is 1. The van der Waals surface area contributed by atoms with E-state index in [2.05, 4.69) is 36.6 Å². The third-order valence-electron chi connectivity index (χ3n) is 2.75. The molecule has 0 unspecified atom stereocenters. The van der Waals surface area contributed by atoms with Crippen molar-refractivity contribution in [1.82, 2.24) is 0 Å². The van der Waals surface area contributed by atoms with Gasteiger partial charge in [0.05, 0.1) is 11.4 Å². The molecule has 0 heterocycles. The zero-order chi connectivity index (χ0) is 15.6. The van der Waals surface area contributed by atoms with Gasteiger partial charge in [-0.25, -0.2) is 8.42 Å². The molecule has 0 aromatic heterocycles. The number of rotatable bonds is 4. The summed E-state index contributed by atoms with van der Waals surface area (Å²) in [6.07, 6.45) is 0. The lowest BCUT2D eigenvalue weighted by molar-refractivity contribution is 0.600. The minimum absolute atomic E-state index is 0.134. The summed E-state index contributed by atoms with van der Waals surface area (Å²) in [5.74, 6) is -0.134. The molecule has 0 bridgehead atoms. The van der Waals surface area contributed by atoms with E-state index >= 15 is 0 Å². The quantitative estimate of drug-likeness (QED) is 0.714. The van der Waals surface area contributed by atoms with E-state index in [0.717, 1.165) is 5.56 Å². The number of hydrogen-bond donors (Lipinski definition) is 2. The van der Waals surface area contributed by atoms with Gasteiger partial charge in [0.1, 0.15) is 0 Å². The molecule has 2 rings (SSSR count). The van der Waals surface area contributed by atoms with Gasteiger partial charge in [-0.3, -0.25) is 4.72 Å². The number of anilines is 2. The van der Waals surface area contributed by atoms with E-state index in [0.29, 0.717) is 25.9 Å². The fourth-order valence-electron chi connectivity index (χ4n) is 1.89. The van der Waals surface area contributed by atoms with Crippen molar-refractivity contribution in [3.05, 3.63) is 56.5 Å². The zero-order valence-electron chi connectivity index (χ0n) is 11.2. The Hall–Kier alpha value is -1.05. The van der Waals surface area contributed by atoms with Gasteiger partial charge in [0.25, 0.3) is 0 Å². The molecule has 0 atom stereocenters. The monoisotopic (exact) mass is 432 g/mol. The maximum absolute atomic E-state index is 12.3. The molecule has 0 saturated carbocycles. The molecule has 2 aromatic carbocycles. The highest BCUT2D eigenvalue weighted by molar-refractivity contribution is 9.11. The normalized spacial score (nSPS) is 11.4. The molecule has 0 aliphatic carbocycles. The van der Waals surface area contributed by atoms with E-state index in [4.69, 9.17) is 5.73 Å². The van der Waals surface area contributed by atoms with Crippen LogP contribution in [0.15, 0.2) is 45.3 Å². The first kappa shape index (κ1) is 16.3. The van der Waals surface area contributed by atoms with Crippen molar-refractivity contribution >= 4 is 53.3 Å². The maximum atomic E-state index is 12.3. The molecule has 0 amide bonds. The summed E-state index contributed by atoms with van der Waals surface area (Å²) in [6, 6.07) is 10.5. The SMILES string of the molecule is Cc1cc(Br)c(NS(=O)(=O)Cc2cccc(N)c2)c(Br)c1. The number of benzene rings is 2. The summed E-state index contributed by atoms with van der Waals surface area (Å²) in [5, 5.41) is 0. The van der Waals surface area contributed by atoms with Crippen molar-refractivity contribution in [2.24, 2.45) is 0 Å². The molecule has 0 spiro atoms. The average Bonchev–Trinajstić information content (AvgIpc) is 2.33. The highest BCUT2D eigenvalue weighted by Crippen LogP contribution is 2.33. The summed E-state index contributed by atoms with van der Waals surface area (Å²) in [7, 11) is -3.53. The first-order valence-electron chi connectivity index (χ1n) is 6.07. The smallest absolute Gasteiger partial charge is 0.236 e. The summed E-state index contributed by atoms with van der Waals surface area (Å²) < 4.78 is 28.5. The van der Waals surface area contributed by atoms with Gasteiger partial charge in [-0.05, 0) is 74.2 Å². The number of aryl methyl sites for hydroxylation is 1. The van der Waals surface area contributed by atoms with Crippen LogP contribution in [0.3, 0.4) is 0 Å². The molecule has 112 valence electrons. The number of halogens is 2. The molecule has 0 radical (unpaired) electrons. The maximum Gasteiger partial charge on any atom is 0.236 e. The molecule has 4 nitrogen and oxygen atoms in total. The Kier molecular flexibility index (Phi) is 4.95. The molecule has 0 aliphatic heterocycles. The Morgan fingerprint density at radius 1 is 1.14 bits per heavy atom. The third-order valence-corrected chi connectivity index (χ3v) is 5.23. The van der Waals surface area contributed by atoms with E-state index in [-0.39, 0.29) is 5.75 Å². The van der Waals surface area contributed by atoms with Crippen LogP contribution in [0.4, 0.5) is 11.4 Å². The topological polar surface area (TPSA) is 72.2 Å². The predicted octanol–water partition coefficient (Wildman–Crippen LogP) is 4.04. The van der Waals surface area contributed by atoms with Crippen molar-refractivity contribution in [3.8, 4) is 0 Å². The second kappa shape index (κ2) is 6.37. The number of nitrogens with two attached hydrogens (primary N) is 1. The Morgan fingerprint density at radius 3 is 2.33 bits per heavy atom. The van der Waals surface area contributed by atoms with Crippen molar-refractivity contribution in [2.45, 2.75) is 12.7 Å². The molecule has 0 aliphatic rings. The molecule has 0 fully saturated rings. The van der Waals surface area contributed by atoms with Gasteiger partial charge in [0, 0.05) is 14.6 Å². The van der Waals surface area contributed by atoms with Crippen LogP contribution in [-0.4, -0.2) is 8.42 Å². The van der Waals surface area contributed by atoms with E-state index in [1.807, 2.05) is 19.1 Å². The van der Waals surface area contributed by atoms with E-state index in [1.54, 1.807) is 24.3 Å².